The van der Waals surface area contributed by atoms with Crippen molar-refractivity contribution in [1.29, 1.82) is 0 Å². The Kier molecular flexibility index (Phi) is 4.63. The molecule has 4 rings (SSSR count). The maximum absolute atomic E-state index is 4.79. The zero-order valence-electron chi connectivity index (χ0n) is 17.6. The quantitative estimate of drug-likeness (QED) is 0.342. The molecule has 0 unspecified atom stereocenters. The molecule has 28 heavy (non-hydrogen) atoms. The Morgan fingerprint density at radius 3 is 2.04 bits per heavy atom. The van der Waals surface area contributed by atoms with Gasteiger partial charge in [-0.2, -0.15) is 0 Å². The van der Waals surface area contributed by atoms with Crippen LogP contribution in [0.3, 0.4) is 0 Å². The lowest BCUT2D eigenvalue weighted by molar-refractivity contribution is 0.590. The van der Waals surface area contributed by atoms with Crippen LogP contribution in [0, 0.1) is 20.8 Å². The van der Waals surface area contributed by atoms with Gasteiger partial charge < -0.3 is 0 Å². The Hall–Kier alpha value is -2.45. The van der Waals surface area contributed by atoms with Gasteiger partial charge in [-0.15, -0.1) is 11.3 Å². The van der Waals surface area contributed by atoms with Gasteiger partial charge in [-0.3, -0.25) is 4.98 Å². The van der Waals surface area contributed by atoms with Crippen molar-refractivity contribution >= 4 is 21.4 Å². The van der Waals surface area contributed by atoms with Crippen LogP contribution in [-0.2, 0) is 5.41 Å². The highest BCUT2D eigenvalue weighted by molar-refractivity contribution is 7.22. The predicted molar refractivity (Wildman–Crippen MR) is 123 cm³/mol. The van der Waals surface area contributed by atoms with Gasteiger partial charge in [0.25, 0.3) is 0 Å². The van der Waals surface area contributed by atoms with E-state index in [4.69, 9.17) is 4.98 Å². The van der Waals surface area contributed by atoms with Crippen LogP contribution in [0.2, 0.25) is 0 Å². The molecule has 0 fully saturated rings. The van der Waals surface area contributed by atoms with Crippen molar-refractivity contribution in [1.82, 2.24) is 4.98 Å². The molecule has 0 saturated heterocycles. The van der Waals surface area contributed by atoms with Gasteiger partial charge >= 0.3 is 0 Å². The third-order valence-electron chi connectivity index (χ3n) is 5.15. The van der Waals surface area contributed by atoms with Gasteiger partial charge in [-0.1, -0.05) is 61.7 Å². The molecule has 2 heterocycles. The van der Waals surface area contributed by atoms with E-state index >= 15 is 0 Å². The zero-order chi connectivity index (χ0) is 20.1. The monoisotopic (exact) mass is 385 g/mol. The number of aromatic nitrogens is 1. The van der Waals surface area contributed by atoms with Gasteiger partial charge in [0.2, 0.25) is 0 Å². The topological polar surface area (TPSA) is 12.9 Å². The third kappa shape index (κ3) is 3.74. The number of fused-ring (bicyclic) bond motifs is 1. The molecule has 0 radical (unpaired) electrons. The summed E-state index contributed by atoms with van der Waals surface area (Å²) in [6.07, 6.45) is 2.02. The molecule has 2 heteroatoms. The van der Waals surface area contributed by atoms with Crippen LogP contribution in [0.25, 0.3) is 31.8 Å². The molecule has 0 spiro atoms. The summed E-state index contributed by atoms with van der Waals surface area (Å²) in [6.45, 7) is 13.3. The molecule has 142 valence electrons. The van der Waals surface area contributed by atoms with Crippen molar-refractivity contribution in [2.75, 3.05) is 0 Å². The van der Waals surface area contributed by atoms with E-state index in [1.54, 1.807) is 0 Å². The second kappa shape index (κ2) is 6.86. The van der Waals surface area contributed by atoms with Gasteiger partial charge in [0, 0.05) is 26.7 Å². The van der Waals surface area contributed by atoms with E-state index in [1.165, 1.54) is 48.3 Å². The van der Waals surface area contributed by atoms with Crippen molar-refractivity contribution in [3.63, 3.8) is 0 Å². The van der Waals surface area contributed by atoms with E-state index in [0.29, 0.717) is 0 Å². The number of pyridine rings is 1. The molecule has 0 aliphatic heterocycles. The maximum atomic E-state index is 4.79. The smallest absolute Gasteiger partial charge is 0.0716 e. The van der Waals surface area contributed by atoms with Crippen LogP contribution in [0.1, 0.15) is 43.0 Å². The Morgan fingerprint density at radius 1 is 0.714 bits per heavy atom. The molecule has 2 aromatic carbocycles. The molecule has 0 aliphatic rings. The third-order valence-corrected chi connectivity index (χ3v) is 6.29. The maximum Gasteiger partial charge on any atom is 0.0716 e. The number of hydrogen-bond donors (Lipinski definition) is 0. The normalized spacial score (nSPS) is 11.9. The standard InChI is InChI=1S/C26H27NS/c1-16-7-17(2)10-20(9-16)24-13-21-15-27-23(14-25(21)28-24)19-8-18(3)11-22(12-19)26(4,5)6/h7-15H,1-6H3. The van der Waals surface area contributed by atoms with Gasteiger partial charge in [0.05, 0.1) is 5.69 Å². The Morgan fingerprint density at radius 2 is 1.36 bits per heavy atom. The van der Waals surface area contributed by atoms with Crippen LogP contribution in [0.15, 0.2) is 54.7 Å². The minimum absolute atomic E-state index is 0.129. The predicted octanol–water partition coefficient (Wildman–Crippen LogP) is 7.85. The largest absolute Gasteiger partial charge is 0.256 e. The van der Waals surface area contributed by atoms with Crippen LogP contribution in [-0.4, -0.2) is 4.98 Å². The fourth-order valence-corrected chi connectivity index (χ4v) is 4.77. The minimum Gasteiger partial charge on any atom is -0.256 e. The van der Waals surface area contributed by atoms with Gasteiger partial charge in [0.1, 0.15) is 0 Å². The van der Waals surface area contributed by atoms with E-state index in [-0.39, 0.29) is 5.41 Å². The molecular weight excluding hydrogens is 358 g/mol. The lowest BCUT2D eigenvalue weighted by Crippen LogP contribution is -2.11. The van der Waals surface area contributed by atoms with Crippen molar-refractivity contribution in [2.45, 2.75) is 47.0 Å². The second-order valence-corrected chi connectivity index (χ2v) is 10.0. The van der Waals surface area contributed by atoms with Crippen LogP contribution >= 0.6 is 11.3 Å². The van der Waals surface area contributed by atoms with E-state index in [2.05, 4.69) is 90.1 Å². The number of thiophene rings is 1. The molecule has 2 aromatic heterocycles. The molecule has 0 bridgehead atoms. The summed E-state index contributed by atoms with van der Waals surface area (Å²) < 4.78 is 1.29. The van der Waals surface area contributed by atoms with Crippen molar-refractivity contribution < 1.29 is 0 Å². The first kappa shape index (κ1) is 18.9. The first-order chi connectivity index (χ1) is 13.2. The summed E-state index contributed by atoms with van der Waals surface area (Å²) in [5.74, 6) is 0. The summed E-state index contributed by atoms with van der Waals surface area (Å²) in [7, 11) is 0. The lowest BCUT2D eigenvalue weighted by Gasteiger charge is -2.20. The summed E-state index contributed by atoms with van der Waals surface area (Å²) in [4.78, 5) is 6.10. The molecule has 0 N–H and O–H groups in total. The van der Waals surface area contributed by atoms with Crippen molar-refractivity contribution in [3.8, 4) is 21.7 Å². The van der Waals surface area contributed by atoms with Crippen molar-refractivity contribution in [2.24, 2.45) is 0 Å². The van der Waals surface area contributed by atoms with Gasteiger partial charge in [-0.05, 0) is 61.6 Å². The average molecular weight is 386 g/mol. The molecule has 0 atom stereocenters. The SMILES string of the molecule is Cc1cc(C)cc(-c2cc3cnc(-c4cc(C)cc(C(C)(C)C)c4)cc3s2)c1. The Labute approximate surface area is 172 Å². The van der Waals surface area contributed by atoms with Gasteiger partial charge in [0.15, 0.2) is 0 Å². The fraction of sp³-hybridized carbons (Fsp3) is 0.269. The van der Waals surface area contributed by atoms with E-state index < -0.39 is 0 Å². The highest BCUT2D eigenvalue weighted by atomic mass is 32.1. The lowest BCUT2D eigenvalue weighted by atomic mass is 9.85. The molecule has 4 aromatic rings. The summed E-state index contributed by atoms with van der Waals surface area (Å²) >= 11 is 1.85. The second-order valence-electron chi connectivity index (χ2n) is 8.93. The zero-order valence-corrected chi connectivity index (χ0v) is 18.4. The highest BCUT2D eigenvalue weighted by Crippen LogP contribution is 2.36. The highest BCUT2D eigenvalue weighted by Gasteiger charge is 2.16. The van der Waals surface area contributed by atoms with E-state index in [9.17, 15) is 0 Å². The number of benzene rings is 2. The number of aryl methyl sites for hydroxylation is 3. The van der Waals surface area contributed by atoms with E-state index in [1.807, 2.05) is 17.5 Å². The van der Waals surface area contributed by atoms with Gasteiger partial charge in [-0.25, -0.2) is 0 Å². The fourth-order valence-electron chi connectivity index (χ4n) is 3.71. The first-order valence-corrected chi connectivity index (χ1v) is 10.6. The van der Waals surface area contributed by atoms with Crippen molar-refractivity contribution in [3.05, 3.63) is 77.0 Å². The Balaban J connectivity index is 1.80. The van der Waals surface area contributed by atoms with Crippen LogP contribution in [0.5, 0.6) is 0 Å². The van der Waals surface area contributed by atoms with Crippen LogP contribution in [0.4, 0.5) is 0 Å². The number of nitrogens with zero attached hydrogens (tertiary/aromatic N) is 1. The molecule has 0 saturated carbocycles. The minimum atomic E-state index is 0.129. The summed E-state index contributed by atoms with van der Waals surface area (Å²) in [5.41, 5.74) is 8.93. The Bertz CT molecular complexity index is 1150. The van der Waals surface area contributed by atoms with E-state index in [0.717, 1.165) is 5.69 Å². The summed E-state index contributed by atoms with van der Waals surface area (Å²) in [5, 5.41) is 1.21. The first-order valence-electron chi connectivity index (χ1n) is 9.80. The molecule has 0 amide bonds. The number of rotatable bonds is 2. The van der Waals surface area contributed by atoms with Crippen LogP contribution < -0.4 is 0 Å². The average Bonchev–Trinajstić information content (AvgIpc) is 3.03. The molecule has 1 nitrogen and oxygen atoms in total. The molecular formula is C26H27NS. The number of hydrogen-bond acceptors (Lipinski definition) is 2. The summed E-state index contributed by atoms with van der Waals surface area (Å²) in [6, 6.07) is 18.1. The molecule has 0 aliphatic carbocycles.